The van der Waals surface area contributed by atoms with Crippen molar-refractivity contribution < 1.29 is 18.7 Å². The molecule has 142 valence electrons. The zero-order valence-corrected chi connectivity index (χ0v) is 15.9. The lowest BCUT2D eigenvalue weighted by Crippen LogP contribution is -2.49. The molecule has 0 radical (unpaired) electrons. The quantitative estimate of drug-likeness (QED) is 0.787. The second kappa shape index (κ2) is 7.43. The summed E-state index contributed by atoms with van der Waals surface area (Å²) < 4.78 is 19.7. The molecule has 7 heteroatoms. The maximum Gasteiger partial charge on any atom is 0.410 e. The van der Waals surface area contributed by atoms with Crippen molar-refractivity contribution in [3.05, 3.63) is 34.6 Å². The van der Waals surface area contributed by atoms with Gasteiger partial charge in [-0.15, -0.1) is 0 Å². The summed E-state index contributed by atoms with van der Waals surface area (Å²) in [7, 11) is 0. The Hall–Kier alpha value is -1.82. The van der Waals surface area contributed by atoms with Gasteiger partial charge in [-0.3, -0.25) is 4.79 Å². The van der Waals surface area contributed by atoms with E-state index in [-0.39, 0.29) is 22.7 Å². The molecule has 2 amide bonds. The van der Waals surface area contributed by atoms with Gasteiger partial charge in [-0.05, 0) is 25.5 Å². The molecule has 2 aliphatic rings. The van der Waals surface area contributed by atoms with E-state index in [1.54, 1.807) is 9.80 Å². The number of likely N-dealkylation sites (tertiary alicyclic amines) is 1. The first-order valence-corrected chi connectivity index (χ1v) is 9.47. The molecule has 0 aliphatic carbocycles. The third-order valence-corrected chi connectivity index (χ3v) is 5.69. The molecule has 0 aromatic heterocycles. The number of rotatable bonds is 4. The van der Waals surface area contributed by atoms with Gasteiger partial charge in [-0.1, -0.05) is 31.0 Å². The van der Waals surface area contributed by atoms with Crippen molar-refractivity contribution in [2.24, 2.45) is 0 Å². The van der Waals surface area contributed by atoms with Gasteiger partial charge in [0.2, 0.25) is 0 Å². The van der Waals surface area contributed by atoms with Crippen LogP contribution in [0.1, 0.15) is 49.9 Å². The molecular formula is C19H24ClFN2O3. The second-order valence-electron chi connectivity index (χ2n) is 7.21. The first-order chi connectivity index (χ1) is 12.4. The Morgan fingerprint density at radius 2 is 2.08 bits per heavy atom. The van der Waals surface area contributed by atoms with Crippen LogP contribution in [0.3, 0.4) is 0 Å². The maximum atomic E-state index is 14.0. The highest BCUT2D eigenvalue weighted by Crippen LogP contribution is 2.35. The van der Waals surface area contributed by atoms with E-state index in [4.69, 9.17) is 16.3 Å². The van der Waals surface area contributed by atoms with Crippen LogP contribution in [-0.4, -0.2) is 53.1 Å². The zero-order valence-electron chi connectivity index (χ0n) is 15.1. The average Bonchev–Trinajstić information content (AvgIpc) is 2.91. The fraction of sp³-hybridized carbons (Fsp3) is 0.579. The number of nitrogens with zero attached hydrogens (tertiary/aromatic N) is 2. The number of carbonyl (C=O) groups is 2. The Morgan fingerprint density at radius 1 is 1.38 bits per heavy atom. The van der Waals surface area contributed by atoms with Crippen LogP contribution in [0.4, 0.5) is 9.18 Å². The second-order valence-corrected chi connectivity index (χ2v) is 7.61. The van der Waals surface area contributed by atoms with Crippen LogP contribution in [0.2, 0.25) is 5.02 Å². The Kier molecular flexibility index (Phi) is 5.42. The van der Waals surface area contributed by atoms with Crippen LogP contribution in [0, 0.1) is 5.82 Å². The van der Waals surface area contributed by atoms with Gasteiger partial charge in [0.1, 0.15) is 11.4 Å². The van der Waals surface area contributed by atoms with Gasteiger partial charge in [0.05, 0.1) is 17.1 Å². The van der Waals surface area contributed by atoms with Crippen molar-refractivity contribution >= 4 is 23.6 Å². The molecule has 2 fully saturated rings. The minimum atomic E-state index is -0.616. The van der Waals surface area contributed by atoms with Gasteiger partial charge in [-0.25, -0.2) is 9.18 Å². The van der Waals surface area contributed by atoms with E-state index in [2.05, 4.69) is 6.92 Å². The highest BCUT2D eigenvalue weighted by Gasteiger charge is 2.48. The molecule has 1 aromatic rings. The molecule has 0 unspecified atom stereocenters. The summed E-state index contributed by atoms with van der Waals surface area (Å²) in [6.07, 6.45) is 2.76. The largest absolute Gasteiger partial charge is 0.441 e. The first-order valence-electron chi connectivity index (χ1n) is 9.10. The predicted octanol–water partition coefficient (Wildman–Crippen LogP) is 4.09. The third kappa shape index (κ3) is 3.52. The van der Waals surface area contributed by atoms with Crippen LogP contribution in [-0.2, 0) is 4.74 Å². The summed E-state index contributed by atoms with van der Waals surface area (Å²) in [6, 6.07) is 4.36. The lowest BCUT2D eigenvalue weighted by Gasteiger charge is -2.37. The highest BCUT2D eigenvalue weighted by molar-refractivity contribution is 6.33. The third-order valence-electron chi connectivity index (χ3n) is 5.37. The molecule has 1 atom stereocenters. The molecule has 1 aromatic carbocycles. The minimum Gasteiger partial charge on any atom is -0.441 e. The summed E-state index contributed by atoms with van der Waals surface area (Å²) in [4.78, 5) is 28.3. The van der Waals surface area contributed by atoms with Crippen LogP contribution in [0.15, 0.2) is 18.2 Å². The predicted molar refractivity (Wildman–Crippen MR) is 96.8 cm³/mol. The molecule has 0 bridgehead atoms. The number of carbonyl (C=O) groups excluding carboxylic acids is 2. The molecule has 2 heterocycles. The smallest absolute Gasteiger partial charge is 0.410 e. The Balaban J connectivity index is 1.66. The van der Waals surface area contributed by atoms with E-state index in [0.717, 1.165) is 12.8 Å². The van der Waals surface area contributed by atoms with E-state index < -0.39 is 17.3 Å². The summed E-state index contributed by atoms with van der Waals surface area (Å²) in [5, 5.41) is 0.113. The Labute approximate surface area is 158 Å². The average molecular weight is 383 g/mol. The van der Waals surface area contributed by atoms with Crippen molar-refractivity contribution in [3.63, 3.8) is 0 Å². The molecule has 2 aliphatic heterocycles. The van der Waals surface area contributed by atoms with Crippen molar-refractivity contribution in [2.45, 2.75) is 51.2 Å². The number of halogens is 2. The number of ether oxygens (including phenoxy) is 1. The number of hydrogen-bond donors (Lipinski definition) is 0. The summed E-state index contributed by atoms with van der Waals surface area (Å²) >= 11 is 6.00. The van der Waals surface area contributed by atoms with E-state index in [0.29, 0.717) is 32.5 Å². The van der Waals surface area contributed by atoms with Crippen LogP contribution < -0.4 is 0 Å². The molecule has 0 saturated carbocycles. The highest BCUT2D eigenvalue weighted by atomic mass is 35.5. The van der Waals surface area contributed by atoms with Gasteiger partial charge in [0.25, 0.3) is 5.91 Å². The van der Waals surface area contributed by atoms with Gasteiger partial charge in [0.15, 0.2) is 0 Å². The minimum absolute atomic E-state index is 0.0910. The number of hydrogen-bond acceptors (Lipinski definition) is 3. The molecule has 5 nitrogen and oxygen atoms in total. The SMILES string of the molecule is CCC[C@H](C)N1CC2(CCN(C(=O)c3c(F)cccc3Cl)CC2)OC1=O. The van der Waals surface area contributed by atoms with E-state index in [9.17, 15) is 14.0 Å². The lowest BCUT2D eigenvalue weighted by atomic mass is 9.90. The number of benzene rings is 1. The lowest BCUT2D eigenvalue weighted by molar-refractivity contribution is 0.00296. The Morgan fingerprint density at radius 3 is 2.69 bits per heavy atom. The fourth-order valence-electron chi connectivity index (χ4n) is 3.80. The van der Waals surface area contributed by atoms with E-state index in [1.807, 2.05) is 6.92 Å². The molecule has 3 rings (SSSR count). The van der Waals surface area contributed by atoms with Gasteiger partial charge in [0, 0.05) is 32.0 Å². The van der Waals surface area contributed by atoms with Gasteiger partial charge >= 0.3 is 6.09 Å². The maximum absolute atomic E-state index is 14.0. The van der Waals surface area contributed by atoms with Crippen molar-refractivity contribution in [2.75, 3.05) is 19.6 Å². The zero-order chi connectivity index (χ0) is 18.9. The summed E-state index contributed by atoms with van der Waals surface area (Å²) in [5.74, 6) is -1.03. The molecule has 1 spiro atoms. The van der Waals surface area contributed by atoms with Crippen molar-refractivity contribution in [3.8, 4) is 0 Å². The van der Waals surface area contributed by atoms with Crippen molar-refractivity contribution in [1.82, 2.24) is 9.80 Å². The normalized spacial score (nSPS) is 20.4. The monoisotopic (exact) mass is 382 g/mol. The van der Waals surface area contributed by atoms with E-state index in [1.165, 1.54) is 18.2 Å². The van der Waals surface area contributed by atoms with E-state index >= 15 is 0 Å². The number of piperidine rings is 1. The standard InChI is InChI=1S/C19H24ClFN2O3/c1-3-5-13(2)23-12-19(26-18(23)25)8-10-22(11-9-19)17(24)16-14(20)6-4-7-15(16)21/h4,6-7,13H,3,5,8-12H2,1-2H3/t13-/m0/s1. The Bertz CT molecular complexity index is 684. The molecule has 0 N–H and O–H groups in total. The summed E-state index contributed by atoms with van der Waals surface area (Å²) in [6.45, 7) is 5.49. The topological polar surface area (TPSA) is 49.9 Å². The van der Waals surface area contributed by atoms with Crippen molar-refractivity contribution in [1.29, 1.82) is 0 Å². The van der Waals surface area contributed by atoms with Crippen LogP contribution >= 0.6 is 11.6 Å². The first kappa shape index (κ1) is 19.0. The fourth-order valence-corrected chi connectivity index (χ4v) is 4.04. The van der Waals surface area contributed by atoms with Gasteiger partial charge in [-0.2, -0.15) is 0 Å². The van der Waals surface area contributed by atoms with Crippen LogP contribution in [0.25, 0.3) is 0 Å². The molecular weight excluding hydrogens is 359 g/mol. The molecule has 26 heavy (non-hydrogen) atoms. The molecule has 2 saturated heterocycles. The number of amides is 2. The van der Waals surface area contributed by atoms with Crippen LogP contribution in [0.5, 0.6) is 0 Å². The summed E-state index contributed by atoms with van der Waals surface area (Å²) in [5.41, 5.74) is -0.638. The van der Waals surface area contributed by atoms with Gasteiger partial charge < -0.3 is 14.5 Å².